The normalized spacial score (nSPS) is 38.5. The molecule has 2 heterocycles. The summed E-state index contributed by atoms with van der Waals surface area (Å²) in [7, 11) is 0. The van der Waals surface area contributed by atoms with E-state index in [0.717, 1.165) is 25.6 Å². The first-order valence-electron chi connectivity index (χ1n) is 6.62. The molecule has 0 radical (unpaired) electrons. The molecule has 0 aromatic heterocycles. The Labute approximate surface area is 102 Å². The number of nitrogens with one attached hydrogen (secondary N) is 1. The third-order valence-electron chi connectivity index (χ3n) is 4.09. The van der Waals surface area contributed by atoms with Crippen LogP contribution in [-0.2, 0) is 9.53 Å². The lowest BCUT2D eigenvalue weighted by molar-refractivity contribution is -0.125. The van der Waals surface area contributed by atoms with Crippen molar-refractivity contribution in [3.05, 3.63) is 0 Å². The monoisotopic (exact) mass is 239 g/mol. The maximum absolute atomic E-state index is 12.0. The van der Waals surface area contributed by atoms with Gasteiger partial charge in [-0.05, 0) is 19.3 Å². The highest BCUT2D eigenvalue weighted by atomic mass is 16.5. The molecule has 3 atom stereocenters. The van der Waals surface area contributed by atoms with Crippen LogP contribution < -0.4 is 11.1 Å². The first kappa shape index (κ1) is 11.4. The lowest BCUT2D eigenvalue weighted by Crippen LogP contribution is -2.45. The van der Waals surface area contributed by atoms with Gasteiger partial charge in [-0.3, -0.25) is 9.69 Å². The van der Waals surface area contributed by atoms with Crippen molar-refractivity contribution in [2.75, 3.05) is 26.3 Å². The van der Waals surface area contributed by atoms with Gasteiger partial charge in [0.2, 0.25) is 5.91 Å². The molecule has 1 aliphatic carbocycles. The zero-order valence-electron chi connectivity index (χ0n) is 10.1. The first-order valence-corrected chi connectivity index (χ1v) is 6.62. The van der Waals surface area contributed by atoms with Gasteiger partial charge in [-0.1, -0.05) is 0 Å². The average Bonchev–Trinajstić information content (AvgIpc) is 2.90. The standard InChI is InChI=1S/C12H21N3O2/c13-11-7-17-6-10(11)12(16)14-8-3-4-15(5-8)9-1-2-9/h8-11H,1-7,13H2,(H,14,16). The van der Waals surface area contributed by atoms with Crippen LogP contribution in [0.1, 0.15) is 19.3 Å². The molecule has 2 saturated heterocycles. The van der Waals surface area contributed by atoms with E-state index in [1.54, 1.807) is 0 Å². The fourth-order valence-corrected chi connectivity index (χ4v) is 2.83. The quantitative estimate of drug-likeness (QED) is 0.684. The van der Waals surface area contributed by atoms with Gasteiger partial charge in [-0.15, -0.1) is 0 Å². The molecule has 2 aliphatic heterocycles. The smallest absolute Gasteiger partial charge is 0.227 e. The van der Waals surface area contributed by atoms with E-state index < -0.39 is 0 Å². The van der Waals surface area contributed by atoms with Crippen LogP contribution in [0.15, 0.2) is 0 Å². The zero-order valence-corrected chi connectivity index (χ0v) is 10.1. The third-order valence-corrected chi connectivity index (χ3v) is 4.09. The topological polar surface area (TPSA) is 67.6 Å². The van der Waals surface area contributed by atoms with Crippen LogP contribution in [0.3, 0.4) is 0 Å². The van der Waals surface area contributed by atoms with E-state index in [2.05, 4.69) is 10.2 Å². The molecule has 17 heavy (non-hydrogen) atoms. The molecule has 3 fully saturated rings. The van der Waals surface area contributed by atoms with Crippen molar-refractivity contribution in [3.8, 4) is 0 Å². The number of hydrogen-bond donors (Lipinski definition) is 2. The molecular weight excluding hydrogens is 218 g/mol. The van der Waals surface area contributed by atoms with Crippen molar-refractivity contribution in [1.82, 2.24) is 10.2 Å². The average molecular weight is 239 g/mol. The van der Waals surface area contributed by atoms with Crippen molar-refractivity contribution in [1.29, 1.82) is 0 Å². The van der Waals surface area contributed by atoms with Crippen LogP contribution in [0.4, 0.5) is 0 Å². The minimum Gasteiger partial charge on any atom is -0.379 e. The minimum atomic E-state index is -0.148. The molecule has 5 nitrogen and oxygen atoms in total. The van der Waals surface area contributed by atoms with Gasteiger partial charge in [0.05, 0.1) is 19.1 Å². The van der Waals surface area contributed by atoms with Gasteiger partial charge in [0.25, 0.3) is 0 Å². The fraction of sp³-hybridized carbons (Fsp3) is 0.917. The fourth-order valence-electron chi connectivity index (χ4n) is 2.83. The molecule has 0 bridgehead atoms. The lowest BCUT2D eigenvalue weighted by atomic mass is 10.0. The van der Waals surface area contributed by atoms with Gasteiger partial charge in [0, 0.05) is 31.2 Å². The van der Waals surface area contributed by atoms with E-state index in [4.69, 9.17) is 10.5 Å². The second-order valence-electron chi connectivity index (χ2n) is 5.53. The SMILES string of the molecule is NC1COCC1C(=O)NC1CCN(C2CC2)C1. The van der Waals surface area contributed by atoms with Crippen molar-refractivity contribution in [2.45, 2.75) is 37.4 Å². The highest BCUT2D eigenvalue weighted by Crippen LogP contribution is 2.29. The van der Waals surface area contributed by atoms with Crippen LogP contribution in [0.5, 0.6) is 0 Å². The van der Waals surface area contributed by atoms with Gasteiger partial charge in [0.1, 0.15) is 0 Å². The molecule has 3 rings (SSSR count). The van der Waals surface area contributed by atoms with E-state index >= 15 is 0 Å². The second kappa shape index (κ2) is 4.55. The van der Waals surface area contributed by atoms with Crippen LogP contribution in [0, 0.1) is 5.92 Å². The number of nitrogens with two attached hydrogens (primary N) is 1. The molecule has 1 saturated carbocycles. The van der Waals surface area contributed by atoms with Crippen LogP contribution in [0.25, 0.3) is 0 Å². The highest BCUT2D eigenvalue weighted by Gasteiger charge is 2.37. The molecule has 3 aliphatic rings. The van der Waals surface area contributed by atoms with Gasteiger partial charge < -0.3 is 15.8 Å². The number of nitrogens with zero attached hydrogens (tertiary/aromatic N) is 1. The Morgan fingerprint density at radius 3 is 2.76 bits per heavy atom. The van der Waals surface area contributed by atoms with Crippen molar-refractivity contribution < 1.29 is 9.53 Å². The summed E-state index contributed by atoms with van der Waals surface area (Å²) in [5.41, 5.74) is 5.84. The Bertz CT molecular complexity index is 306. The van der Waals surface area contributed by atoms with E-state index in [-0.39, 0.29) is 17.9 Å². The van der Waals surface area contributed by atoms with E-state index in [0.29, 0.717) is 19.3 Å². The summed E-state index contributed by atoms with van der Waals surface area (Å²) in [6.45, 7) is 3.13. The van der Waals surface area contributed by atoms with Crippen molar-refractivity contribution >= 4 is 5.91 Å². The Morgan fingerprint density at radius 2 is 2.12 bits per heavy atom. The summed E-state index contributed by atoms with van der Waals surface area (Å²) >= 11 is 0. The number of rotatable bonds is 3. The van der Waals surface area contributed by atoms with E-state index in [9.17, 15) is 4.79 Å². The largest absolute Gasteiger partial charge is 0.379 e. The van der Waals surface area contributed by atoms with Crippen LogP contribution in [0.2, 0.25) is 0 Å². The van der Waals surface area contributed by atoms with Gasteiger partial charge in [-0.25, -0.2) is 0 Å². The summed E-state index contributed by atoms with van der Waals surface area (Å²) in [5, 5.41) is 3.12. The molecule has 0 aromatic carbocycles. The molecule has 0 spiro atoms. The third kappa shape index (κ3) is 2.46. The van der Waals surface area contributed by atoms with Crippen molar-refractivity contribution in [3.63, 3.8) is 0 Å². The number of hydrogen-bond acceptors (Lipinski definition) is 4. The number of ether oxygens (including phenoxy) is 1. The first-order chi connectivity index (χ1) is 8.24. The maximum atomic E-state index is 12.0. The van der Waals surface area contributed by atoms with E-state index in [1.807, 2.05) is 0 Å². The summed E-state index contributed by atoms with van der Waals surface area (Å²) in [6, 6.07) is 0.987. The minimum absolute atomic E-state index is 0.0812. The summed E-state index contributed by atoms with van der Waals surface area (Å²) in [4.78, 5) is 14.5. The Kier molecular flexibility index (Phi) is 3.06. The summed E-state index contributed by atoms with van der Waals surface area (Å²) in [5.74, 6) is -0.0670. The lowest BCUT2D eigenvalue weighted by Gasteiger charge is -2.19. The molecule has 0 aromatic rings. The Balaban J connectivity index is 1.48. The maximum Gasteiger partial charge on any atom is 0.227 e. The van der Waals surface area contributed by atoms with Crippen LogP contribution in [-0.4, -0.2) is 55.2 Å². The second-order valence-corrected chi connectivity index (χ2v) is 5.53. The Hall–Kier alpha value is -0.650. The number of carbonyl (C=O) groups excluding carboxylic acids is 1. The zero-order chi connectivity index (χ0) is 11.8. The van der Waals surface area contributed by atoms with Crippen LogP contribution >= 0.6 is 0 Å². The van der Waals surface area contributed by atoms with Crippen molar-refractivity contribution in [2.24, 2.45) is 11.7 Å². The van der Waals surface area contributed by atoms with E-state index in [1.165, 1.54) is 12.8 Å². The molecule has 1 amide bonds. The molecule has 3 unspecified atom stereocenters. The highest BCUT2D eigenvalue weighted by molar-refractivity contribution is 5.80. The number of amides is 1. The Morgan fingerprint density at radius 1 is 1.29 bits per heavy atom. The van der Waals surface area contributed by atoms with Gasteiger partial charge in [0.15, 0.2) is 0 Å². The summed E-state index contributed by atoms with van der Waals surface area (Å²) < 4.78 is 5.23. The number of carbonyl (C=O) groups is 1. The predicted molar refractivity (Wildman–Crippen MR) is 63.4 cm³/mol. The summed E-state index contributed by atoms with van der Waals surface area (Å²) in [6.07, 6.45) is 3.75. The van der Waals surface area contributed by atoms with Gasteiger partial charge >= 0.3 is 0 Å². The molecular formula is C12H21N3O2. The number of likely N-dealkylation sites (tertiary alicyclic amines) is 1. The molecule has 5 heteroatoms. The molecule has 3 N–H and O–H groups in total. The molecule has 96 valence electrons. The van der Waals surface area contributed by atoms with Gasteiger partial charge in [-0.2, -0.15) is 0 Å². The predicted octanol–water partition coefficient (Wildman–Crippen LogP) is -0.687.